The van der Waals surface area contributed by atoms with Crippen molar-refractivity contribution in [3.63, 3.8) is 0 Å². The van der Waals surface area contributed by atoms with Crippen molar-refractivity contribution in [2.24, 2.45) is 17.1 Å². The summed E-state index contributed by atoms with van der Waals surface area (Å²) >= 11 is 0. The van der Waals surface area contributed by atoms with E-state index in [9.17, 15) is 9.59 Å². The molecule has 114 valence electrons. The molecule has 3 unspecified atom stereocenters. The molecule has 0 spiro atoms. The second kappa shape index (κ2) is 5.33. The number of hydrogen-bond acceptors (Lipinski definition) is 5. The van der Waals surface area contributed by atoms with Gasteiger partial charge in [0.15, 0.2) is 0 Å². The summed E-state index contributed by atoms with van der Waals surface area (Å²) in [6, 6.07) is 0. The molecule has 1 saturated heterocycles. The molecule has 3 atom stereocenters. The molecule has 1 aliphatic carbocycles. The fourth-order valence-electron chi connectivity index (χ4n) is 3.55. The van der Waals surface area contributed by atoms with Crippen molar-refractivity contribution in [3.8, 4) is 0 Å². The minimum Gasteiger partial charge on any atom is -0.465 e. The van der Waals surface area contributed by atoms with Crippen molar-refractivity contribution in [2.45, 2.75) is 45.3 Å². The summed E-state index contributed by atoms with van der Waals surface area (Å²) in [7, 11) is 0. The first kappa shape index (κ1) is 15.3. The average molecular weight is 284 g/mol. The third-order valence-corrected chi connectivity index (χ3v) is 4.76. The van der Waals surface area contributed by atoms with Gasteiger partial charge in [-0.1, -0.05) is 13.8 Å². The number of amides is 1. The Labute approximate surface area is 119 Å². The van der Waals surface area contributed by atoms with Crippen molar-refractivity contribution in [1.29, 1.82) is 0 Å². The zero-order valence-corrected chi connectivity index (χ0v) is 12.4. The van der Waals surface area contributed by atoms with E-state index >= 15 is 0 Å². The number of carbonyl (C=O) groups is 2. The van der Waals surface area contributed by atoms with Crippen LogP contribution in [0.4, 0.5) is 0 Å². The van der Waals surface area contributed by atoms with E-state index < -0.39 is 16.9 Å². The maximum absolute atomic E-state index is 12.4. The van der Waals surface area contributed by atoms with E-state index in [2.05, 4.69) is 5.32 Å². The summed E-state index contributed by atoms with van der Waals surface area (Å²) in [5.74, 6) is -0.714. The van der Waals surface area contributed by atoms with Gasteiger partial charge < -0.3 is 20.5 Å². The van der Waals surface area contributed by atoms with Crippen molar-refractivity contribution in [2.75, 3.05) is 19.8 Å². The number of hydrogen-bond donors (Lipinski definition) is 2. The van der Waals surface area contributed by atoms with Crippen LogP contribution in [0, 0.1) is 11.3 Å². The van der Waals surface area contributed by atoms with Gasteiger partial charge in [0.25, 0.3) is 0 Å². The summed E-state index contributed by atoms with van der Waals surface area (Å²) in [5.41, 5.74) is 4.98. The van der Waals surface area contributed by atoms with Crippen LogP contribution in [0.25, 0.3) is 0 Å². The predicted octanol–water partition coefficient (Wildman–Crippen LogP) is 0.198. The highest BCUT2D eigenvalue weighted by atomic mass is 16.5. The molecule has 0 bridgehead atoms. The molecule has 3 N–H and O–H groups in total. The third kappa shape index (κ3) is 2.11. The first-order valence-corrected chi connectivity index (χ1v) is 7.20. The molecule has 2 fully saturated rings. The highest BCUT2D eigenvalue weighted by Crippen LogP contribution is 2.57. The van der Waals surface area contributed by atoms with Crippen LogP contribution in [0.3, 0.4) is 0 Å². The van der Waals surface area contributed by atoms with Gasteiger partial charge >= 0.3 is 5.97 Å². The maximum Gasteiger partial charge on any atom is 0.325 e. The summed E-state index contributed by atoms with van der Waals surface area (Å²) in [5, 5.41) is 2.60. The molecule has 0 radical (unpaired) electrons. The SMILES string of the molecule is CCOC(=O)CNC(=O)C1(N)C2CCCOC2C1(C)C. The van der Waals surface area contributed by atoms with Crippen LogP contribution < -0.4 is 11.1 Å². The number of fused-ring (bicyclic) bond motifs is 1. The fraction of sp³-hybridized carbons (Fsp3) is 0.857. The van der Waals surface area contributed by atoms with Gasteiger partial charge in [0, 0.05) is 17.9 Å². The highest BCUT2D eigenvalue weighted by molar-refractivity contribution is 5.91. The molecule has 0 aromatic carbocycles. The summed E-state index contributed by atoms with van der Waals surface area (Å²) in [6.45, 7) is 6.51. The van der Waals surface area contributed by atoms with Gasteiger partial charge in [-0.25, -0.2) is 0 Å². The topological polar surface area (TPSA) is 90.7 Å². The van der Waals surface area contributed by atoms with Crippen LogP contribution in [0.5, 0.6) is 0 Å². The summed E-state index contributed by atoms with van der Waals surface area (Å²) in [6.07, 6.45) is 1.83. The first-order valence-electron chi connectivity index (χ1n) is 7.20. The second-order valence-electron chi connectivity index (χ2n) is 6.12. The van der Waals surface area contributed by atoms with E-state index in [0.29, 0.717) is 6.61 Å². The lowest BCUT2D eigenvalue weighted by Crippen LogP contribution is -2.82. The van der Waals surface area contributed by atoms with E-state index in [0.717, 1.165) is 19.4 Å². The van der Waals surface area contributed by atoms with Crippen molar-refractivity contribution < 1.29 is 19.1 Å². The number of nitrogens with one attached hydrogen (secondary N) is 1. The molecular formula is C14H24N2O4. The first-order chi connectivity index (χ1) is 9.35. The molecule has 1 aliphatic heterocycles. The number of ether oxygens (including phenoxy) is 2. The van der Waals surface area contributed by atoms with E-state index in [4.69, 9.17) is 15.2 Å². The minimum atomic E-state index is -0.982. The smallest absolute Gasteiger partial charge is 0.325 e. The van der Waals surface area contributed by atoms with Gasteiger partial charge in [-0.2, -0.15) is 0 Å². The maximum atomic E-state index is 12.4. The lowest BCUT2D eigenvalue weighted by Gasteiger charge is -2.65. The van der Waals surface area contributed by atoms with Crippen LogP contribution in [0.15, 0.2) is 0 Å². The lowest BCUT2D eigenvalue weighted by atomic mass is 9.46. The number of nitrogens with two attached hydrogens (primary N) is 1. The van der Waals surface area contributed by atoms with Gasteiger partial charge in [0.05, 0.1) is 12.7 Å². The molecule has 1 amide bonds. The fourth-order valence-corrected chi connectivity index (χ4v) is 3.55. The second-order valence-corrected chi connectivity index (χ2v) is 6.12. The molecule has 1 saturated carbocycles. The van der Waals surface area contributed by atoms with Crippen LogP contribution in [0.2, 0.25) is 0 Å². The lowest BCUT2D eigenvalue weighted by molar-refractivity contribution is -0.225. The van der Waals surface area contributed by atoms with E-state index in [1.54, 1.807) is 6.92 Å². The van der Waals surface area contributed by atoms with Crippen LogP contribution in [-0.2, 0) is 19.1 Å². The van der Waals surface area contributed by atoms with Crippen LogP contribution in [-0.4, -0.2) is 43.3 Å². The quantitative estimate of drug-likeness (QED) is 0.720. The van der Waals surface area contributed by atoms with Crippen LogP contribution >= 0.6 is 0 Å². The standard InChI is InChI=1S/C14H24N2O4/c1-4-19-10(17)8-16-12(18)14(15)9-6-5-7-20-11(9)13(14,2)3/h9,11H,4-8,15H2,1-3H3,(H,16,18). The molecule has 20 heavy (non-hydrogen) atoms. The molecule has 6 nitrogen and oxygen atoms in total. The summed E-state index contributed by atoms with van der Waals surface area (Å²) < 4.78 is 10.5. The van der Waals surface area contributed by atoms with Gasteiger partial charge in [-0.15, -0.1) is 0 Å². The Morgan fingerprint density at radius 3 is 2.80 bits per heavy atom. The van der Waals surface area contributed by atoms with Gasteiger partial charge in [0.2, 0.25) is 5.91 Å². The Hall–Kier alpha value is -1.14. The zero-order chi connectivity index (χ0) is 15.0. The monoisotopic (exact) mass is 284 g/mol. The number of carbonyl (C=O) groups excluding carboxylic acids is 2. The summed E-state index contributed by atoms with van der Waals surface area (Å²) in [4.78, 5) is 23.7. The highest BCUT2D eigenvalue weighted by Gasteiger charge is 2.70. The number of rotatable bonds is 4. The van der Waals surface area contributed by atoms with Crippen molar-refractivity contribution in [3.05, 3.63) is 0 Å². The Kier molecular flexibility index (Phi) is 4.07. The molecule has 2 rings (SSSR count). The Balaban J connectivity index is 2.02. The number of esters is 1. The minimum absolute atomic E-state index is 0.0217. The third-order valence-electron chi connectivity index (χ3n) is 4.76. The molecule has 2 aliphatic rings. The Bertz CT molecular complexity index is 410. The molecule has 0 aromatic rings. The van der Waals surface area contributed by atoms with E-state index in [1.165, 1.54) is 0 Å². The van der Waals surface area contributed by atoms with E-state index in [-0.39, 0.29) is 24.5 Å². The molecule has 0 aromatic heterocycles. The molecular weight excluding hydrogens is 260 g/mol. The average Bonchev–Trinajstić information content (AvgIpc) is 2.44. The van der Waals surface area contributed by atoms with Gasteiger partial charge in [-0.3, -0.25) is 9.59 Å². The predicted molar refractivity (Wildman–Crippen MR) is 72.8 cm³/mol. The van der Waals surface area contributed by atoms with Gasteiger partial charge in [0.1, 0.15) is 12.1 Å². The van der Waals surface area contributed by atoms with E-state index in [1.807, 2.05) is 13.8 Å². The van der Waals surface area contributed by atoms with Crippen LogP contribution in [0.1, 0.15) is 33.6 Å². The largest absolute Gasteiger partial charge is 0.465 e. The van der Waals surface area contributed by atoms with Crippen molar-refractivity contribution in [1.82, 2.24) is 5.32 Å². The zero-order valence-electron chi connectivity index (χ0n) is 12.4. The van der Waals surface area contributed by atoms with Gasteiger partial charge in [-0.05, 0) is 19.8 Å². The Morgan fingerprint density at radius 2 is 2.15 bits per heavy atom. The molecule has 6 heteroatoms. The Morgan fingerprint density at radius 1 is 1.45 bits per heavy atom. The normalized spacial score (nSPS) is 34.6. The van der Waals surface area contributed by atoms with Crippen molar-refractivity contribution >= 4 is 11.9 Å². The molecule has 1 heterocycles.